The smallest absolute Gasteiger partial charge is 0.413 e. The predicted molar refractivity (Wildman–Crippen MR) is 60.5 cm³/mol. The Morgan fingerprint density at radius 2 is 1.94 bits per heavy atom. The lowest BCUT2D eigenvalue weighted by Crippen LogP contribution is -2.33. The molecule has 1 aromatic carbocycles. The molecule has 0 radical (unpaired) electrons. The summed E-state index contributed by atoms with van der Waals surface area (Å²) in [4.78, 5) is 22.2. The van der Waals surface area contributed by atoms with Crippen molar-refractivity contribution in [2.24, 2.45) is 5.73 Å². The van der Waals surface area contributed by atoms with Crippen LogP contribution >= 0.6 is 0 Å². The van der Waals surface area contributed by atoms with E-state index in [-0.39, 0.29) is 19.7 Å². The van der Waals surface area contributed by atoms with Gasteiger partial charge in [-0.05, 0) is 12.1 Å². The van der Waals surface area contributed by atoms with E-state index in [0.717, 1.165) is 0 Å². The van der Waals surface area contributed by atoms with Crippen molar-refractivity contribution in [1.82, 2.24) is 5.32 Å². The van der Waals surface area contributed by atoms with Crippen LogP contribution in [0.15, 0.2) is 30.3 Å². The fraction of sp³-hybridized carbons (Fsp3) is 0.273. The summed E-state index contributed by atoms with van der Waals surface area (Å²) >= 11 is 0. The normalized spacial score (nSPS) is 9.47. The molecule has 6 heteroatoms. The largest absolute Gasteiger partial charge is 0.463 e. The number of carbonyl (C=O) groups excluding carboxylic acids is 2. The summed E-state index contributed by atoms with van der Waals surface area (Å²) in [5.41, 5.74) is 5.15. The van der Waals surface area contributed by atoms with E-state index < -0.39 is 12.1 Å². The van der Waals surface area contributed by atoms with Crippen molar-refractivity contribution in [3.05, 3.63) is 30.3 Å². The monoisotopic (exact) mass is 238 g/mol. The number of hydrogen-bond acceptors (Lipinski definition) is 5. The molecule has 0 fully saturated rings. The second-order valence-corrected chi connectivity index (χ2v) is 3.07. The minimum atomic E-state index is -0.708. The molecular formula is C11H14N2O4. The van der Waals surface area contributed by atoms with Gasteiger partial charge in [0.25, 0.3) is 0 Å². The Hall–Kier alpha value is -2.08. The molecule has 0 aromatic heterocycles. The Kier molecular flexibility index (Phi) is 5.53. The molecule has 0 aliphatic rings. The first-order valence-electron chi connectivity index (χ1n) is 5.09. The van der Waals surface area contributed by atoms with E-state index >= 15 is 0 Å². The molecule has 0 saturated heterocycles. The van der Waals surface area contributed by atoms with Gasteiger partial charge >= 0.3 is 12.1 Å². The van der Waals surface area contributed by atoms with Crippen LogP contribution in [0.3, 0.4) is 0 Å². The second kappa shape index (κ2) is 7.24. The number of benzene rings is 1. The van der Waals surface area contributed by atoms with E-state index in [1.54, 1.807) is 30.3 Å². The minimum absolute atomic E-state index is 0.133. The number of para-hydroxylation sites is 1. The highest BCUT2D eigenvalue weighted by Crippen LogP contribution is 2.07. The first-order valence-corrected chi connectivity index (χ1v) is 5.09. The maximum absolute atomic E-state index is 11.2. The molecular weight excluding hydrogens is 224 g/mol. The van der Waals surface area contributed by atoms with Crippen LogP contribution < -0.4 is 15.8 Å². The Balaban J connectivity index is 2.24. The van der Waals surface area contributed by atoms with Gasteiger partial charge in [-0.3, -0.25) is 4.79 Å². The number of rotatable bonds is 5. The first kappa shape index (κ1) is 13.0. The average Bonchev–Trinajstić information content (AvgIpc) is 2.35. The van der Waals surface area contributed by atoms with Crippen molar-refractivity contribution in [1.29, 1.82) is 0 Å². The highest BCUT2D eigenvalue weighted by Gasteiger charge is 2.07. The van der Waals surface area contributed by atoms with Gasteiger partial charge in [-0.15, -0.1) is 0 Å². The Morgan fingerprint density at radius 3 is 2.59 bits per heavy atom. The van der Waals surface area contributed by atoms with Crippen LogP contribution in [0.4, 0.5) is 4.79 Å². The molecule has 0 spiro atoms. The van der Waals surface area contributed by atoms with Crippen LogP contribution in [-0.2, 0) is 9.53 Å². The van der Waals surface area contributed by atoms with E-state index in [1.807, 2.05) is 0 Å². The lowest BCUT2D eigenvalue weighted by atomic mass is 10.3. The van der Waals surface area contributed by atoms with Crippen LogP contribution in [0, 0.1) is 0 Å². The maximum atomic E-state index is 11.2. The number of nitrogens with two attached hydrogens (primary N) is 1. The van der Waals surface area contributed by atoms with E-state index in [9.17, 15) is 9.59 Å². The second-order valence-electron chi connectivity index (χ2n) is 3.07. The molecule has 1 rings (SSSR count). The summed E-state index contributed by atoms with van der Waals surface area (Å²) in [6.45, 7) is 0.139. The number of carbonyl (C=O) groups is 2. The van der Waals surface area contributed by atoms with Gasteiger partial charge in [0.05, 0.1) is 0 Å². The molecule has 6 nitrogen and oxygen atoms in total. The van der Waals surface area contributed by atoms with Crippen LogP contribution in [0.1, 0.15) is 0 Å². The molecule has 1 aromatic rings. The van der Waals surface area contributed by atoms with Crippen molar-refractivity contribution in [3.63, 3.8) is 0 Å². The van der Waals surface area contributed by atoms with Gasteiger partial charge < -0.3 is 20.5 Å². The predicted octanol–water partition coefficient (Wildman–Crippen LogP) is 0.277. The first-order chi connectivity index (χ1) is 8.22. The molecule has 0 heterocycles. The number of ether oxygens (including phenoxy) is 2. The zero-order chi connectivity index (χ0) is 12.5. The van der Waals surface area contributed by atoms with Crippen LogP contribution in [0.2, 0.25) is 0 Å². The van der Waals surface area contributed by atoms with Crippen molar-refractivity contribution >= 4 is 12.1 Å². The quantitative estimate of drug-likeness (QED) is 0.719. The number of amides is 1. The molecule has 0 bridgehead atoms. The van der Waals surface area contributed by atoms with Gasteiger partial charge in [-0.1, -0.05) is 18.2 Å². The molecule has 0 saturated carbocycles. The summed E-state index contributed by atoms with van der Waals surface area (Å²) < 4.78 is 9.54. The zero-order valence-corrected chi connectivity index (χ0v) is 9.22. The molecule has 0 aliphatic carbocycles. The lowest BCUT2D eigenvalue weighted by molar-refractivity contribution is -0.142. The summed E-state index contributed by atoms with van der Waals surface area (Å²) in [6.07, 6.45) is -0.708. The minimum Gasteiger partial charge on any atom is -0.463 e. The Morgan fingerprint density at radius 1 is 1.24 bits per heavy atom. The highest BCUT2D eigenvalue weighted by atomic mass is 16.6. The summed E-state index contributed by atoms with van der Waals surface area (Å²) in [5.74, 6) is -0.152. The maximum Gasteiger partial charge on any atom is 0.413 e. The van der Waals surface area contributed by atoms with E-state index in [0.29, 0.717) is 5.75 Å². The van der Waals surface area contributed by atoms with Crippen molar-refractivity contribution in [3.8, 4) is 5.75 Å². The fourth-order valence-corrected chi connectivity index (χ4v) is 1.000. The number of esters is 1. The van der Waals surface area contributed by atoms with E-state index in [4.69, 9.17) is 10.5 Å². The standard InChI is InChI=1S/C11H14N2O4/c12-6-7-16-10(14)8-13-11(15)17-9-4-2-1-3-5-9/h1-5H,6-8,12H2,(H,13,15). The zero-order valence-electron chi connectivity index (χ0n) is 9.22. The molecule has 0 aliphatic heterocycles. The van der Waals surface area contributed by atoms with Crippen molar-refractivity contribution in [2.75, 3.05) is 19.7 Å². The Bertz CT molecular complexity index is 367. The molecule has 92 valence electrons. The van der Waals surface area contributed by atoms with E-state index in [2.05, 4.69) is 10.1 Å². The SMILES string of the molecule is NCCOC(=O)CNC(=O)Oc1ccccc1. The third kappa shape index (κ3) is 5.53. The van der Waals surface area contributed by atoms with Gasteiger partial charge in [0.15, 0.2) is 0 Å². The van der Waals surface area contributed by atoms with Crippen LogP contribution in [0.25, 0.3) is 0 Å². The number of hydrogen-bond donors (Lipinski definition) is 2. The van der Waals surface area contributed by atoms with E-state index in [1.165, 1.54) is 0 Å². The molecule has 3 N–H and O–H groups in total. The van der Waals surface area contributed by atoms with Crippen molar-refractivity contribution < 1.29 is 19.1 Å². The number of nitrogens with one attached hydrogen (secondary N) is 1. The third-order valence-corrected chi connectivity index (χ3v) is 1.71. The van der Waals surface area contributed by atoms with Crippen molar-refractivity contribution in [2.45, 2.75) is 0 Å². The van der Waals surface area contributed by atoms with Gasteiger partial charge in [0.1, 0.15) is 18.9 Å². The van der Waals surface area contributed by atoms with Gasteiger partial charge in [-0.2, -0.15) is 0 Å². The lowest BCUT2D eigenvalue weighted by Gasteiger charge is -2.06. The summed E-state index contributed by atoms with van der Waals surface area (Å²) in [6, 6.07) is 8.53. The third-order valence-electron chi connectivity index (χ3n) is 1.71. The fourth-order valence-electron chi connectivity index (χ4n) is 1.000. The molecule has 0 unspecified atom stereocenters. The van der Waals surface area contributed by atoms with Crippen LogP contribution in [0.5, 0.6) is 5.75 Å². The summed E-state index contributed by atoms with van der Waals surface area (Å²) in [5, 5.41) is 2.26. The summed E-state index contributed by atoms with van der Waals surface area (Å²) in [7, 11) is 0. The molecule has 0 atom stereocenters. The average molecular weight is 238 g/mol. The topological polar surface area (TPSA) is 90.6 Å². The van der Waals surface area contributed by atoms with Crippen LogP contribution in [-0.4, -0.2) is 31.8 Å². The molecule has 17 heavy (non-hydrogen) atoms. The van der Waals surface area contributed by atoms with Gasteiger partial charge in [-0.25, -0.2) is 4.79 Å². The molecule has 1 amide bonds. The van der Waals surface area contributed by atoms with Gasteiger partial charge in [0.2, 0.25) is 0 Å². The van der Waals surface area contributed by atoms with Gasteiger partial charge in [0, 0.05) is 6.54 Å². The Labute approximate surface area is 98.7 Å². The highest BCUT2D eigenvalue weighted by molar-refractivity contribution is 5.78.